The van der Waals surface area contributed by atoms with E-state index in [0.29, 0.717) is 37.1 Å². The molecule has 0 saturated carbocycles. The maximum Gasteiger partial charge on any atom is 0.289 e. The third-order valence-electron chi connectivity index (χ3n) is 6.64. The van der Waals surface area contributed by atoms with Gasteiger partial charge in [0.25, 0.3) is 11.5 Å². The topological polar surface area (TPSA) is 71.6 Å². The van der Waals surface area contributed by atoms with Gasteiger partial charge in [-0.05, 0) is 56.3 Å². The van der Waals surface area contributed by atoms with Crippen LogP contribution in [0.2, 0.25) is 0 Å². The van der Waals surface area contributed by atoms with Gasteiger partial charge in [0.15, 0.2) is 5.76 Å². The molecule has 0 unspecified atom stereocenters. The Morgan fingerprint density at radius 2 is 1.88 bits per heavy atom. The smallest absolute Gasteiger partial charge is 0.289 e. The van der Waals surface area contributed by atoms with Crippen LogP contribution in [-0.4, -0.2) is 51.4 Å². The summed E-state index contributed by atoms with van der Waals surface area (Å²) in [6.07, 6.45) is 7.18. The van der Waals surface area contributed by atoms with Crippen LogP contribution in [0.4, 0.5) is 0 Å². The minimum atomic E-state index is -0.190. The molecule has 1 amide bonds. The number of furan rings is 1. The van der Waals surface area contributed by atoms with Crippen molar-refractivity contribution >= 4 is 22.5 Å². The third-order valence-corrected chi connectivity index (χ3v) is 6.64. The van der Waals surface area contributed by atoms with E-state index in [4.69, 9.17) is 4.42 Å². The number of fused-ring (bicyclic) bond motifs is 1. The molecule has 0 bridgehead atoms. The second-order valence-electron chi connectivity index (χ2n) is 8.84. The maximum absolute atomic E-state index is 13.1. The Bertz CT molecular complexity index is 1250. The molecular formula is C26H30N4O3. The summed E-state index contributed by atoms with van der Waals surface area (Å²) in [4.78, 5) is 34.0. The van der Waals surface area contributed by atoms with E-state index < -0.39 is 0 Å². The Morgan fingerprint density at radius 3 is 2.64 bits per heavy atom. The summed E-state index contributed by atoms with van der Waals surface area (Å²) in [6, 6.07) is 11.3. The first-order valence-electron chi connectivity index (χ1n) is 11.9. The van der Waals surface area contributed by atoms with Gasteiger partial charge in [-0.3, -0.25) is 14.5 Å². The van der Waals surface area contributed by atoms with Crippen molar-refractivity contribution in [3.63, 3.8) is 0 Å². The van der Waals surface area contributed by atoms with Crippen molar-refractivity contribution < 1.29 is 9.21 Å². The largest absolute Gasteiger partial charge is 0.455 e. The number of aryl methyl sites for hydroxylation is 1. The van der Waals surface area contributed by atoms with Crippen molar-refractivity contribution in [2.75, 3.05) is 26.2 Å². The van der Waals surface area contributed by atoms with Crippen molar-refractivity contribution in [2.45, 2.75) is 45.6 Å². The number of amides is 1. The predicted octanol–water partition coefficient (Wildman–Crippen LogP) is 3.92. The monoisotopic (exact) mass is 446 g/mol. The van der Waals surface area contributed by atoms with Crippen LogP contribution in [0.1, 0.15) is 54.7 Å². The summed E-state index contributed by atoms with van der Waals surface area (Å²) in [5, 5.41) is 0.617. The zero-order valence-corrected chi connectivity index (χ0v) is 19.1. The molecule has 0 aliphatic carbocycles. The lowest BCUT2D eigenvalue weighted by Crippen LogP contribution is -2.35. The fourth-order valence-corrected chi connectivity index (χ4v) is 4.89. The van der Waals surface area contributed by atoms with Gasteiger partial charge in [0, 0.05) is 31.6 Å². The van der Waals surface area contributed by atoms with E-state index in [-0.39, 0.29) is 11.5 Å². The lowest BCUT2D eigenvalue weighted by molar-refractivity contribution is 0.0735. The van der Waals surface area contributed by atoms with Gasteiger partial charge in [0.2, 0.25) is 0 Å². The highest BCUT2D eigenvalue weighted by Gasteiger charge is 2.24. The Labute approximate surface area is 193 Å². The molecule has 3 aromatic rings. The summed E-state index contributed by atoms with van der Waals surface area (Å²) in [5.74, 6) is 1.93. The molecule has 1 fully saturated rings. The molecule has 5 rings (SSSR count). The normalized spacial score (nSPS) is 17.4. The Kier molecular flexibility index (Phi) is 6.13. The maximum atomic E-state index is 13.1. The first-order valence-corrected chi connectivity index (χ1v) is 11.9. The van der Waals surface area contributed by atoms with Crippen LogP contribution in [0.25, 0.3) is 16.6 Å². The van der Waals surface area contributed by atoms with Gasteiger partial charge in [-0.2, -0.15) is 4.98 Å². The fraction of sp³-hybridized carbons (Fsp3) is 0.423. The number of aromatic nitrogens is 2. The molecule has 172 valence electrons. The van der Waals surface area contributed by atoms with Crippen LogP contribution in [0.15, 0.2) is 51.7 Å². The molecule has 4 heterocycles. The molecule has 1 aromatic carbocycles. The number of benzene rings is 1. The summed E-state index contributed by atoms with van der Waals surface area (Å²) in [7, 11) is 0. The van der Waals surface area contributed by atoms with Crippen molar-refractivity contribution in [1.82, 2.24) is 19.4 Å². The quantitative estimate of drug-likeness (QED) is 0.594. The van der Waals surface area contributed by atoms with Crippen LogP contribution >= 0.6 is 0 Å². The summed E-state index contributed by atoms with van der Waals surface area (Å²) in [5.41, 5.74) is 1.75. The lowest BCUT2D eigenvalue weighted by Gasteiger charge is -2.28. The van der Waals surface area contributed by atoms with Gasteiger partial charge < -0.3 is 13.9 Å². The number of hydrogen-bond donors (Lipinski definition) is 0. The summed E-state index contributed by atoms with van der Waals surface area (Å²) >= 11 is 0. The van der Waals surface area contributed by atoms with Gasteiger partial charge in [0.1, 0.15) is 11.6 Å². The van der Waals surface area contributed by atoms with E-state index in [1.165, 1.54) is 19.3 Å². The SMILES string of the molecule is CCc1nc(=O)c2ccccc2n1C1=CCN(C(=O)c2ccc(CN3CCCCC3)o2)CC1. The van der Waals surface area contributed by atoms with Crippen molar-refractivity contribution in [3.8, 4) is 0 Å². The molecule has 2 aliphatic rings. The molecule has 0 spiro atoms. The first-order chi connectivity index (χ1) is 16.1. The number of rotatable bonds is 5. The van der Waals surface area contributed by atoms with Gasteiger partial charge in [0.05, 0.1) is 17.4 Å². The Hall–Kier alpha value is -3.19. The lowest BCUT2D eigenvalue weighted by atomic mass is 10.1. The molecule has 7 nitrogen and oxygen atoms in total. The molecule has 0 N–H and O–H groups in total. The number of hydrogen-bond acceptors (Lipinski definition) is 5. The number of piperidine rings is 1. The molecule has 2 aromatic heterocycles. The average Bonchev–Trinajstić information content (AvgIpc) is 3.33. The van der Waals surface area contributed by atoms with Crippen LogP contribution in [0.3, 0.4) is 0 Å². The van der Waals surface area contributed by atoms with Crippen molar-refractivity contribution in [3.05, 3.63) is 70.2 Å². The molecule has 1 saturated heterocycles. The number of carbonyl (C=O) groups excluding carboxylic acids is 1. The van der Waals surface area contributed by atoms with E-state index in [1.807, 2.05) is 42.2 Å². The van der Waals surface area contributed by atoms with Gasteiger partial charge in [-0.1, -0.05) is 25.5 Å². The summed E-state index contributed by atoms with van der Waals surface area (Å²) < 4.78 is 8.00. The molecule has 33 heavy (non-hydrogen) atoms. The summed E-state index contributed by atoms with van der Waals surface area (Å²) in [6.45, 7) is 6.06. The molecule has 7 heteroatoms. The van der Waals surface area contributed by atoms with E-state index in [1.54, 1.807) is 6.07 Å². The number of carbonyl (C=O) groups is 1. The highest BCUT2D eigenvalue weighted by Crippen LogP contribution is 2.24. The van der Waals surface area contributed by atoms with Crippen molar-refractivity contribution in [2.24, 2.45) is 0 Å². The van der Waals surface area contributed by atoms with Gasteiger partial charge in [-0.15, -0.1) is 0 Å². The zero-order chi connectivity index (χ0) is 22.8. The highest BCUT2D eigenvalue weighted by molar-refractivity contribution is 5.92. The van der Waals surface area contributed by atoms with Crippen LogP contribution in [-0.2, 0) is 13.0 Å². The minimum Gasteiger partial charge on any atom is -0.455 e. The van der Waals surface area contributed by atoms with Crippen LogP contribution in [0.5, 0.6) is 0 Å². The number of nitrogens with zero attached hydrogens (tertiary/aromatic N) is 4. The molecule has 2 aliphatic heterocycles. The highest BCUT2D eigenvalue weighted by atomic mass is 16.4. The average molecular weight is 447 g/mol. The fourth-order valence-electron chi connectivity index (χ4n) is 4.89. The number of para-hydroxylation sites is 1. The van der Waals surface area contributed by atoms with Crippen LogP contribution < -0.4 is 5.56 Å². The Balaban J connectivity index is 1.33. The van der Waals surface area contributed by atoms with Gasteiger partial charge >= 0.3 is 0 Å². The zero-order valence-electron chi connectivity index (χ0n) is 19.1. The standard InChI is InChI=1S/C26H30N4O3/c1-2-24-27-25(31)21-8-4-5-9-22(21)30(24)19-12-16-29(17-13-19)26(32)23-11-10-20(33-23)18-28-14-6-3-7-15-28/h4-5,8-12H,2-3,6-7,13-18H2,1H3. The second-order valence-corrected chi connectivity index (χ2v) is 8.84. The number of likely N-dealkylation sites (tertiary alicyclic amines) is 1. The first kappa shape index (κ1) is 21.6. The van der Waals surface area contributed by atoms with E-state index in [9.17, 15) is 9.59 Å². The molecule has 0 radical (unpaired) electrons. The van der Waals surface area contributed by atoms with Gasteiger partial charge in [-0.25, -0.2) is 0 Å². The second kappa shape index (κ2) is 9.35. The van der Waals surface area contributed by atoms with E-state index >= 15 is 0 Å². The molecular weight excluding hydrogens is 416 g/mol. The van der Waals surface area contributed by atoms with Crippen molar-refractivity contribution in [1.29, 1.82) is 0 Å². The molecule has 0 atom stereocenters. The third kappa shape index (κ3) is 4.37. The van der Waals surface area contributed by atoms with E-state index in [2.05, 4.69) is 20.5 Å². The minimum absolute atomic E-state index is 0.0752. The predicted molar refractivity (Wildman–Crippen MR) is 128 cm³/mol. The van der Waals surface area contributed by atoms with Crippen LogP contribution in [0, 0.1) is 0 Å². The Morgan fingerprint density at radius 1 is 1.06 bits per heavy atom. The van der Waals surface area contributed by atoms with E-state index in [0.717, 1.165) is 42.4 Å².